The molecule has 86 valence electrons. The lowest BCUT2D eigenvalue weighted by atomic mass is 10.1. The molecule has 0 radical (unpaired) electrons. The van der Waals surface area contributed by atoms with Crippen molar-refractivity contribution in [2.45, 2.75) is 13.8 Å². The predicted octanol–water partition coefficient (Wildman–Crippen LogP) is 2.56. The SMILES string of the molecule is COCC(C)CNc1cccc(C)c1C#N. The van der Waals surface area contributed by atoms with Gasteiger partial charge in [-0.3, -0.25) is 0 Å². The van der Waals surface area contributed by atoms with Crippen LogP contribution in [0.1, 0.15) is 18.1 Å². The van der Waals surface area contributed by atoms with E-state index >= 15 is 0 Å². The van der Waals surface area contributed by atoms with Gasteiger partial charge in [0.15, 0.2) is 0 Å². The molecule has 0 aromatic heterocycles. The van der Waals surface area contributed by atoms with E-state index in [4.69, 9.17) is 10.00 Å². The summed E-state index contributed by atoms with van der Waals surface area (Å²) in [4.78, 5) is 0. The lowest BCUT2D eigenvalue weighted by Gasteiger charge is -2.14. The maximum Gasteiger partial charge on any atom is 0.102 e. The second-order valence-electron chi connectivity index (χ2n) is 4.05. The van der Waals surface area contributed by atoms with Crippen molar-refractivity contribution < 1.29 is 4.74 Å². The van der Waals surface area contributed by atoms with E-state index in [0.29, 0.717) is 5.92 Å². The fourth-order valence-corrected chi connectivity index (χ4v) is 1.59. The topological polar surface area (TPSA) is 45.0 Å². The van der Waals surface area contributed by atoms with Crippen LogP contribution in [0.3, 0.4) is 0 Å². The first kappa shape index (κ1) is 12.5. The molecule has 1 N–H and O–H groups in total. The van der Waals surface area contributed by atoms with Crippen LogP contribution in [0.5, 0.6) is 0 Å². The minimum Gasteiger partial charge on any atom is -0.384 e. The van der Waals surface area contributed by atoms with Crippen LogP contribution in [0, 0.1) is 24.2 Å². The second kappa shape index (κ2) is 6.14. The van der Waals surface area contributed by atoms with Crippen molar-refractivity contribution >= 4 is 5.69 Å². The van der Waals surface area contributed by atoms with E-state index in [2.05, 4.69) is 18.3 Å². The summed E-state index contributed by atoms with van der Waals surface area (Å²) in [6, 6.07) is 8.07. The van der Waals surface area contributed by atoms with E-state index in [1.54, 1.807) is 7.11 Å². The summed E-state index contributed by atoms with van der Waals surface area (Å²) in [5.41, 5.74) is 2.64. The molecule has 0 amide bonds. The highest BCUT2D eigenvalue weighted by atomic mass is 16.5. The van der Waals surface area contributed by atoms with Crippen molar-refractivity contribution in [3.8, 4) is 6.07 Å². The number of nitriles is 1. The molecule has 3 nitrogen and oxygen atoms in total. The summed E-state index contributed by atoms with van der Waals surface area (Å²) in [5.74, 6) is 0.428. The van der Waals surface area contributed by atoms with Crippen molar-refractivity contribution in [1.29, 1.82) is 5.26 Å². The van der Waals surface area contributed by atoms with Crippen LogP contribution in [0.15, 0.2) is 18.2 Å². The third-order valence-corrected chi connectivity index (χ3v) is 2.48. The van der Waals surface area contributed by atoms with Crippen molar-refractivity contribution in [2.24, 2.45) is 5.92 Å². The van der Waals surface area contributed by atoms with E-state index in [9.17, 15) is 0 Å². The highest BCUT2D eigenvalue weighted by Gasteiger charge is 2.06. The Morgan fingerprint density at radius 3 is 2.88 bits per heavy atom. The van der Waals surface area contributed by atoms with Crippen molar-refractivity contribution in [3.63, 3.8) is 0 Å². The number of aryl methyl sites for hydroxylation is 1. The lowest BCUT2D eigenvalue weighted by molar-refractivity contribution is 0.164. The fourth-order valence-electron chi connectivity index (χ4n) is 1.59. The summed E-state index contributed by atoms with van der Waals surface area (Å²) in [5, 5.41) is 12.3. The van der Waals surface area contributed by atoms with Gasteiger partial charge >= 0.3 is 0 Å². The largest absolute Gasteiger partial charge is 0.384 e. The predicted molar refractivity (Wildman–Crippen MR) is 65.4 cm³/mol. The Bertz CT molecular complexity index is 382. The first-order valence-corrected chi connectivity index (χ1v) is 5.41. The number of hydrogen-bond acceptors (Lipinski definition) is 3. The van der Waals surface area contributed by atoms with Crippen LogP contribution < -0.4 is 5.32 Å². The molecule has 3 heteroatoms. The standard InChI is InChI=1S/C13H18N2O/c1-10(9-16-3)8-15-13-6-4-5-11(2)12(13)7-14/h4-6,10,15H,8-9H2,1-3H3. The van der Waals surface area contributed by atoms with Crippen LogP contribution in [0.2, 0.25) is 0 Å². The van der Waals surface area contributed by atoms with E-state index in [-0.39, 0.29) is 0 Å². The maximum atomic E-state index is 9.05. The van der Waals surface area contributed by atoms with Crippen LogP contribution in [0.4, 0.5) is 5.69 Å². The number of methoxy groups -OCH3 is 1. The molecule has 1 atom stereocenters. The number of anilines is 1. The number of ether oxygens (including phenoxy) is 1. The molecule has 0 saturated heterocycles. The Kier molecular flexibility index (Phi) is 4.81. The number of rotatable bonds is 5. The van der Waals surface area contributed by atoms with Crippen LogP contribution >= 0.6 is 0 Å². The van der Waals surface area contributed by atoms with Gasteiger partial charge in [0.1, 0.15) is 6.07 Å². The minimum atomic E-state index is 0.428. The molecule has 0 saturated carbocycles. The Morgan fingerprint density at radius 2 is 2.25 bits per heavy atom. The minimum absolute atomic E-state index is 0.428. The Hall–Kier alpha value is -1.53. The summed E-state index contributed by atoms with van der Waals surface area (Å²) in [6.45, 7) is 5.59. The molecular formula is C13H18N2O. The normalized spacial score (nSPS) is 11.9. The van der Waals surface area contributed by atoms with Crippen LogP contribution in [-0.4, -0.2) is 20.3 Å². The first-order valence-electron chi connectivity index (χ1n) is 5.41. The smallest absolute Gasteiger partial charge is 0.102 e. The Morgan fingerprint density at radius 1 is 1.50 bits per heavy atom. The van der Waals surface area contributed by atoms with Crippen LogP contribution in [0.25, 0.3) is 0 Å². The molecule has 1 aromatic rings. The second-order valence-corrected chi connectivity index (χ2v) is 4.05. The molecule has 0 aliphatic carbocycles. The number of hydrogen-bond donors (Lipinski definition) is 1. The Balaban J connectivity index is 2.67. The molecule has 0 spiro atoms. The molecule has 0 aliphatic heterocycles. The number of benzene rings is 1. The van der Waals surface area contributed by atoms with Crippen molar-refractivity contribution in [3.05, 3.63) is 29.3 Å². The van der Waals surface area contributed by atoms with Gasteiger partial charge in [-0.25, -0.2) is 0 Å². The van der Waals surface area contributed by atoms with E-state index in [0.717, 1.165) is 30.0 Å². The van der Waals surface area contributed by atoms with Gasteiger partial charge in [0.2, 0.25) is 0 Å². The average Bonchev–Trinajstić information content (AvgIpc) is 2.27. The van der Waals surface area contributed by atoms with Gasteiger partial charge in [0.05, 0.1) is 17.9 Å². The first-order chi connectivity index (χ1) is 7.69. The highest BCUT2D eigenvalue weighted by Crippen LogP contribution is 2.18. The zero-order chi connectivity index (χ0) is 12.0. The van der Waals surface area contributed by atoms with E-state index in [1.807, 2.05) is 25.1 Å². The molecule has 0 aliphatic rings. The summed E-state index contributed by atoms with van der Waals surface area (Å²) in [6.07, 6.45) is 0. The zero-order valence-corrected chi connectivity index (χ0v) is 10.1. The van der Waals surface area contributed by atoms with Gasteiger partial charge in [-0.1, -0.05) is 19.1 Å². The zero-order valence-electron chi connectivity index (χ0n) is 10.1. The molecule has 0 heterocycles. The fraction of sp³-hybridized carbons (Fsp3) is 0.462. The maximum absolute atomic E-state index is 9.05. The van der Waals surface area contributed by atoms with Gasteiger partial charge in [0, 0.05) is 13.7 Å². The third kappa shape index (κ3) is 3.25. The van der Waals surface area contributed by atoms with E-state index in [1.165, 1.54) is 0 Å². The summed E-state index contributed by atoms with van der Waals surface area (Å²) >= 11 is 0. The summed E-state index contributed by atoms with van der Waals surface area (Å²) < 4.78 is 5.07. The average molecular weight is 218 g/mol. The van der Waals surface area contributed by atoms with Gasteiger partial charge in [-0.05, 0) is 24.5 Å². The third-order valence-electron chi connectivity index (χ3n) is 2.48. The van der Waals surface area contributed by atoms with Crippen molar-refractivity contribution in [1.82, 2.24) is 0 Å². The highest BCUT2D eigenvalue weighted by molar-refractivity contribution is 5.60. The molecule has 16 heavy (non-hydrogen) atoms. The molecule has 0 fully saturated rings. The Labute approximate surface area is 97.0 Å². The summed E-state index contributed by atoms with van der Waals surface area (Å²) in [7, 11) is 1.70. The molecule has 0 bridgehead atoms. The lowest BCUT2D eigenvalue weighted by Crippen LogP contribution is -2.16. The molecular weight excluding hydrogens is 200 g/mol. The molecule has 1 rings (SSSR count). The van der Waals surface area contributed by atoms with Gasteiger partial charge < -0.3 is 10.1 Å². The van der Waals surface area contributed by atoms with Gasteiger partial charge in [-0.15, -0.1) is 0 Å². The quantitative estimate of drug-likeness (QED) is 0.826. The van der Waals surface area contributed by atoms with E-state index < -0.39 is 0 Å². The monoisotopic (exact) mass is 218 g/mol. The number of nitrogens with one attached hydrogen (secondary N) is 1. The molecule has 1 unspecified atom stereocenters. The van der Waals surface area contributed by atoms with Gasteiger partial charge in [-0.2, -0.15) is 5.26 Å². The van der Waals surface area contributed by atoms with Crippen molar-refractivity contribution in [2.75, 3.05) is 25.6 Å². The van der Waals surface area contributed by atoms with Gasteiger partial charge in [0.25, 0.3) is 0 Å². The van der Waals surface area contributed by atoms with Crippen LogP contribution in [-0.2, 0) is 4.74 Å². The number of nitrogens with zero attached hydrogens (tertiary/aromatic N) is 1. The molecule has 1 aromatic carbocycles.